The van der Waals surface area contributed by atoms with Gasteiger partial charge in [0, 0.05) is 26.2 Å². The van der Waals surface area contributed by atoms with Crippen LogP contribution in [0.3, 0.4) is 0 Å². The van der Waals surface area contributed by atoms with Crippen molar-refractivity contribution >= 4 is 17.9 Å². The Hall–Kier alpha value is -1.79. The average molecular weight is 287 g/mol. The number of urea groups is 1. The minimum Gasteiger partial charge on any atom is -0.480 e. The molecular formula is C13H25N3O4. The summed E-state index contributed by atoms with van der Waals surface area (Å²) >= 11 is 0. The molecule has 0 saturated heterocycles. The summed E-state index contributed by atoms with van der Waals surface area (Å²) in [6, 6.07) is -0.407. The van der Waals surface area contributed by atoms with E-state index >= 15 is 0 Å². The Labute approximate surface area is 119 Å². The summed E-state index contributed by atoms with van der Waals surface area (Å²) in [4.78, 5) is 37.3. The molecular weight excluding hydrogens is 262 g/mol. The van der Waals surface area contributed by atoms with Gasteiger partial charge >= 0.3 is 12.0 Å². The van der Waals surface area contributed by atoms with Crippen LogP contribution >= 0.6 is 0 Å². The molecule has 0 rings (SSSR count). The first-order chi connectivity index (χ1) is 9.00. The van der Waals surface area contributed by atoms with Crippen LogP contribution in [0.4, 0.5) is 4.79 Å². The van der Waals surface area contributed by atoms with Gasteiger partial charge in [-0.25, -0.2) is 4.79 Å². The summed E-state index contributed by atoms with van der Waals surface area (Å²) in [5.74, 6) is -1.59. The predicted octanol–water partition coefficient (Wildman–Crippen LogP) is 0.605. The number of rotatable bonds is 5. The molecule has 0 spiro atoms. The molecule has 0 aliphatic rings. The van der Waals surface area contributed by atoms with E-state index in [2.05, 4.69) is 5.32 Å². The average Bonchev–Trinajstić information content (AvgIpc) is 2.32. The Morgan fingerprint density at radius 2 is 1.75 bits per heavy atom. The predicted molar refractivity (Wildman–Crippen MR) is 75.4 cm³/mol. The van der Waals surface area contributed by atoms with Crippen molar-refractivity contribution in [2.24, 2.45) is 5.92 Å². The van der Waals surface area contributed by atoms with E-state index in [4.69, 9.17) is 5.11 Å². The molecule has 3 amide bonds. The molecule has 0 aliphatic heterocycles. The molecule has 1 atom stereocenters. The Balaban J connectivity index is 4.89. The van der Waals surface area contributed by atoms with Crippen molar-refractivity contribution in [2.45, 2.75) is 33.2 Å². The normalized spacial score (nSPS) is 12.5. The van der Waals surface area contributed by atoms with Gasteiger partial charge < -0.3 is 20.2 Å². The molecule has 0 aromatic rings. The highest BCUT2D eigenvalue weighted by Crippen LogP contribution is 2.15. The summed E-state index contributed by atoms with van der Waals surface area (Å²) in [6.07, 6.45) is 0. The highest BCUT2D eigenvalue weighted by Gasteiger charge is 2.31. The minimum absolute atomic E-state index is 0.162. The number of nitrogens with one attached hydrogen (secondary N) is 1. The Morgan fingerprint density at radius 3 is 2.10 bits per heavy atom. The first-order valence-corrected chi connectivity index (χ1v) is 6.46. The molecule has 0 heterocycles. The van der Waals surface area contributed by atoms with Crippen LogP contribution in [0.5, 0.6) is 0 Å². The quantitative estimate of drug-likeness (QED) is 0.775. The van der Waals surface area contributed by atoms with E-state index in [1.54, 1.807) is 34.7 Å². The first kappa shape index (κ1) is 18.2. The van der Waals surface area contributed by atoms with Crippen molar-refractivity contribution in [1.29, 1.82) is 0 Å². The van der Waals surface area contributed by atoms with Crippen LogP contribution in [-0.4, -0.2) is 65.5 Å². The SMILES string of the molecule is CNC(=O)C(C)CN(C)C(=O)N(CC(=O)O)C(C)(C)C. The Morgan fingerprint density at radius 1 is 1.25 bits per heavy atom. The molecule has 116 valence electrons. The van der Waals surface area contributed by atoms with Crippen LogP contribution in [0, 0.1) is 5.92 Å². The first-order valence-electron chi connectivity index (χ1n) is 6.46. The van der Waals surface area contributed by atoms with Crippen LogP contribution < -0.4 is 5.32 Å². The molecule has 2 N–H and O–H groups in total. The second-order valence-corrected chi connectivity index (χ2v) is 5.83. The van der Waals surface area contributed by atoms with Crippen molar-refractivity contribution in [2.75, 3.05) is 27.2 Å². The number of aliphatic carboxylic acids is 1. The summed E-state index contributed by atoms with van der Waals surface area (Å²) in [6.45, 7) is 6.87. The number of carboxylic acids is 1. The van der Waals surface area contributed by atoms with Crippen molar-refractivity contribution in [3.63, 3.8) is 0 Å². The van der Waals surface area contributed by atoms with E-state index in [1.807, 2.05) is 0 Å². The van der Waals surface area contributed by atoms with Gasteiger partial charge in [-0.15, -0.1) is 0 Å². The van der Waals surface area contributed by atoms with E-state index in [9.17, 15) is 14.4 Å². The maximum atomic E-state index is 12.3. The fourth-order valence-electron chi connectivity index (χ4n) is 1.75. The van der Waals surface area contributed by atoms with Gasteiger partial charge in [-0.3, -0.25) is 9.59 Å². The van der Waals surface area contributed by atoms with Crippen LogP contribution in [0.1, 0.15) is 27.7 Å². The van der Waals surface area contributed by atoms with Crippen LogP contribution in [0.25, 0.3) is 0 Å². The smallest absolute Gasteiger partial charge is 0.323 e. The number of nitrogens with zero attached hydrogens (tertiary/aromatic N) is 2. The Kier molecular flexibility index (Phi) is 6.48. The molecule has 7 heteroatoms. The molecule has 0 fully saturated rings. The van der Waals surface area contributed by atoms with Gasteiger partial charge in [-0.1, -0.05) is 6.92 Å². The van der Waals surface area contributed by atoms with Crippen molar-refractivity contribution in [1.82, 2.24) is 15.1 Å². The zero-order valence-corrected chi connectivity index (χ0v) is 13.1. The molecule has 7 nitrogen and oxygen atoms in total. The Bertz CT molecular complexity index is 376. The zero-order chi connectivity index (χ0) is 16.1. The van der Waals surface area contributed by atoms with E-state index in [1.165, 1.54) is 16.8 Å². The monoisotopic (exact) mass is 287 g/mol. The zero-order valence-electron chi connectivity index (χ0n) is 13.1. The van der Waals surface area contributed by atoms with Gasteiger partial charge in [0.2, 0.25) is 5.91 Å². The molecule has 0 saturated carbocycles. The second-order valence-electron chi connectivity index (χ2n) is 5.83. The maximum Gasteiger partial charge on any atom is 0.323 e. The number of hydrogen-bond donors (Lipinski definition) is 2. The molecule has 1 unspecified atom stereocenters. The lowest BCUT2D eigenvalue weighted by Crippen LogP contribution is -2.53. The van der Waals surface area contributed by atoms with E-state index in [-0.39, 0.29) is 24.9 Å². The van der Waals surface area contributed by atoms with E-state index < -0.39 is 17.5 Å². The highest BCUT2D eigenvalue weighted by molar-refractivity contribution is 5.82. The molecule has 0 aromatic carbocycles. The lowest BCUT2D eigenvalue weighted by molar-refractivity contribution is -0.139. The van der Waals surface area contributed by atoms with Gasteiger partial charge in [0.25, 0.3) is 0 Å². The summed E-state index contributed by atoms with van der Waals surface area (Å²) in [5.41, 5.74) is -0.611. The topological polar surface area (TPSA) is 90.0 Å². The standard InChI is InChI=1S/C13H25N3O4/c1-9(11(19)14-5)7-15(6)12(20)16(8-10(17)18)13(2,3)4/h9H,7-8H2,1-6H3,(H,14,19)(H,17,18). The third-order valence-corrected chi connectivity index (χ3v) is 2.90. The number of hydrogen-bond acceptors (Lipinski definition) is 3. The molecule has 0 aromatic heterocycles. The van der Waals surface area contributed by atoms with Gasteiger partial charge in [-0.2, -0.15) is 0 Å². The number of carboxylic acid groups (broad SMARTS) is 1. The lowest BCUT2D eigenvalue weighted by Gasteiger charge is -2.37. The molecule has 0 bridgehead atoms. The number of carbonyl (C=O) groups excluding carboxylic acids is 2. The summed E-state index contributed by atoms with van der Waals surface area (Å²) in [7, 11) is 3.09. The fourth-order valence-corrected chi connectivity index (χ4v) is 1.75. The maximum absolute atomic E-state index is 12.3. The van der Waals surface area contributed by atoms with Crippen molar-refractivity contribution in [3.05, 3.63) is 0 Å². The van der Waals surface area contributed by atoms with Gasteiger partial charge in [0.1, 0.15) is 6.54 Å². The van der Waals surface area contributed by atoms with Gasteiger partial charge in [0.05, 0.1) is 5.92 Å². The molecule has 20 heavy (non-hydrogen) atoms. The van der Waals surface area contributed by atoms with Gasteiger partial charge in [0.15, 0.2) is 0 Å². The van der Waals surface area contributed by atoms with Crippen LogP contribution in [0.2, 0.25) is 0 Å². The lowest BCUT2D eigenvalue weighted by atomic mass is 10.1. The van der Waals surface area contributed by atoms with Crippen molar-refractivity contribution < 1.29 is 19.5 Å². The van der Waals surface area contributed by atoms with E-state index in [0.29, 0.717) is 0 Å². The minimum atomic E-state index is -1.07. The summed E-state index contributed by atoms with van der Waals surface area (Å²) in [5, 5.41) is 11.4. The molecule has 0 radical (unpaired) electrons. The second kappa shape index (κ2) is 7.12. The highest BCUT2D eigenvalue weighted by atomic mass is 16.4. The third-order valence-electron chi connectivity index (χ3n) is 2.90. The van der Waals surface area contributed by atoms with E-state index in [0.717, 1.165) is 0 Å². The molecule has 0 aliphatic carbocycles. The van der Waals surface area contributed by atoms with Gasteiger partial charge in [-0.05, 0) is 20.8 Å². The fraction of sp³-hybridized carbons (Fsp3) is 0.769. The number of carbonyl (C=O) groups is 3. The van der Waals surface area contributed by atoms with Crippen LogP contribution in [-0.2, 0) is 9.59 Å². The van der Waals surface area contributed by atoms with Crippen molar-refractivity contribution in [3.8, 4) is 0 Å². The number of amides is 3. The summed E-state index contributed by atoms with van der Waals surface area (Å²) < 4.78 is 0. The van der Waals surface area contributed by atoms with Crippen LogP contribution in [0.15, 0.2) is 0 Å². The third kappa shape index (κ3) is 5.46. The largest absolute Gasteiger partial charge is 0.480 e.